The van der Waals surface area contributed by atoms with Crippen LogP contribution in [0.2, 0.25) is 5.02 Å². The van der Waals surface area contributed by atoms with E-state index >= 15 is 0 Å². The van der Waals surface area contributed by atoms with E-state index in [-0.39, 0.29) is 11.4 Å². The summed E-state index contributed by atoms with van der Waals surface area (Å²) in [7, 11) is -4.51. The van der Waals surface area contributed by atoms with Gasteiger partial charge in [-0.1, -0.05) is 11.6 Å². The molecule has 2 fully saturated rings. The Morgan fingerprint density at radius 2 is 1.96 bits per heavy atom. The summed E-state index contributed by atoms with van der Waals surface area (Å²) >= 11 is 5.70. The first-order valence-corrected chi connectivity index (χ1v) is 8.98. The number of alkyl halides is 3. The molecule has 0 spiro atoms. The van der Waals surface area contributed by atoms with Gasteiger partial charge in [-0.05, 0) is 37.5 Å². The SMILES string of the molecule is O=C(O)C1CC2CCC1N2S(=O)(=O)c1cc(Cl)ccc1C(F)(F)F. The average Bonchev–Trinajstić information content (AvgIpc) is 3.04. The lowest BCUT2D eigenvalue weighted by atomic mass is 9.89. The summed E-state index contributed by atoms with van der Waals surface area (Å²) in [5.41, 5.74) is -1.30. The maximum absolute atomic E-state index is 13.2. The molecule has 1 N–H and O–H groups in total. The molecule has 0 aromatic heterocycles. The summed E-state index contributed by atoms with van der Waals surface area (Å²) in [5, 5.41) is 9.06. The first kappa shape index (κ1) is 17.5. The second-order valence-corrected chi connectivity index (χ2v) is 8.20. The van der Waals surface area contributed by atoms with Crippen LogP contribution in [0.4, 0.5) is 13.2 Å². The second kappa shape index (κ2) is 5.60. The Kier molecular flexibility index (Phi) is 4.09. The van der Waals surface area contributed by atoms with Gasteiger partial charge in [0, 0.05) is 17.1 Å². The predicted octanol–water partition coefficient (Wildman–Crippen LogP) is 2.99. The predicted molar refractivity (Wildman–Crippen MR) is 78.0 cm³/mol. The molecule has 0 amide bonds. The zero-order valence-electron chi connectivity index (χ0n) is 12.1. The quantitative estimate of drug-likeness (QED) is 0.870. The van der Waals surface area contributed by atoms with Gasteiger partial charge < -0.3 is 5.11 Å². The molecule has 2 aliphatic rings. The van der Waals surface area contributed by atoms with Crippen LogP contribution in [-0.4, -0.2) is 35.9 Å². The number of hydrogen-bond donors (Lipinski definition) is 1. The number of fused-ring (bicyclic) bond motifs is 2. The lowest BCUT2D eigenvalue weighted by molar-refractivity contribution is -0.142. The molecule has 2 aliphatic heterocycles. The minimum Gasteiger partial charge on any atom is -0.481 e. The van der Waals surface area contributed by atoms with Gasteiger partial charge in [0.2, 0.25) is 10.0 Å². The normalized spacial score (nSPS) is 27.6. The van der Waals surface area contributed by atoms with Crippen molar-refractivity contribution in [1.29, 1.82) is 0 Å². The number of nitrogens with zero attached hydrogens (tertiary/aromatic N) is 1. The van der Waals surface area contributed by atoms with E-state index in [9.17, 15) is 31.5 Å². The number of benzene rings is 1. The summed E-state index contributed by atoms with van der Waals surface area (Å²) in [6.45, 7) is 0. The van der Waals surface area contributed by atoms with E-state index in [0.29, 0.717) is 18.9 Å². The van der Waals surface area contributed by atoms with Crippen molar-refractivity contribution in [3.05, 3.63) is 28.8 Å². The molecule has 1 aromatic carbocycles. The fraction of sp³-hybridized carbons (Fsp3) is 0.500. The standard InChI is InChI=1S/C14H13ClF3NO4S/c15-7-1-3-10(14(16,17)18)12(5-7)24(22,23)19-8-2-4-11(19)9(6-8)13(20)21/h1,3,5,8-9,11H,2,4,6H2,(H,20,21). The van der Waals surface area contributed by atoms with Gasteiger partial charge in [0.1, 0.15) is 0 Å². The van der Waals surface area contributed by atoms with E-state index in [1.54, 1.807) is 0 Å². The Bertz CT molecular complexity index is 796. The van der Waals surface area contributed by atoms with E-state index in [1.807, 2.05) is 0 Å². The van der Waals surface area contributed by atoms with Crippen molar-refractivity contribution in [1.82, 2.24) is 4.31 Å². The smallest absolute Gasteiger partial charge is 0.417 e. The molecule has 5 nitrogen and oxygen atoms in total. The van der Waals surface area contributed by atoms with Crippen molar-refractivity contribution in [2.75, 3.05) is 0 Å². The highest BCUT2D eigenvalue weighted by Crippen LogP contribution is 2.47. The molecule has 132 valence electrons. The Morgan fingerprint density at radius 1 is 1.29 bits per heavy atom. The average molecular weight is 384 g/mol. The van der Waals surface area contributed by atoms with Crippen LogP contribution in [0.15, 0.2) is 23.1 Å². The highest BCUT2D eigenvalue weighted by Gasteiger charge is 2.55. The molecule has 10 heteroatoms. The Balaban J connectivity index is 2.10. The van der Waals surface area contributed by atoms with Crippen LogP contribution in [0.25, 0.3) is 0 Å². The summed E-state index contributed by atoms with van der Waals surface area (Å²) in [4.78, 5) is 10.3. The number of hydrogen-bond acceptors (Lipinski definition) is 3. The van der Waals surface area contributed by atoms with Crippen molar-refractivity contribution < 1.29 is 31.5 Å². The van der Waals surface area contributed by atoms with Crippen molar-refractivity contribution >= 4 is 27.6 Å². The lowest BCUT2D eigenvalue weighted by Crippen LogP contribution is -2.38. The summed E-state index contributed by atoms with van der Waals surface area (Å²) < 4.78 is 66.2. The van der Waals surface area contributed by atoms with Crippen LogP contribution >= 0.6 is 11.6 Å². The van der Waals surface area contributed by atoms with Gasteiger partial charge in [-0.15, -0.1) is 0 Å². The summed E-state index contributed by atoms with van der Waals surface area (Å²) in [5.74, 6) is -2.03. The molecule has 0 aliphatic carbocycles. The van der Waals surface area contributed by atoms with Gasteiger partial charge in [0.25, 0.3) is 0 Å². The topological polar surface area (TPSA) is 74.7 Å². The Morgan fingerprint density at radius 3 is 2.50 bits per heavy atom. The van der Waals surface area contributed by atoms with Gasteiger partial charge >= 0.3 is 12.1 Å². The van der Waals surface area contributed by atoms with Gasteiger partial charge in [0.05, 0.1) is 16.4 Å². The molecule has 2 saturated heterocycles. The molecular weight excluding hydrogens is 371 g/mol. The highest BCUT2D eigenvalue weighted by molar-refractivity contribution is 7.89. The molecule has 0 radical (unpaired) electrons. The van der Waals surface area contributed by atoms with Gasteiger partial charge in [-0.3, -0.25) is 4.79 Å². The maximum Gasteiger partial charge on any atom is 0.417 e. The van der Waals surface area contributed by atoms with Crippen LogP contribution < -0.4 is 0 Å². The molecule has 3 atom stereocenters. The number of sulfonamides is 1. The van der Waals surface area contributed by atoms with Gasteiger partial charge in [-0.2, -0.15) is 17.5 Å². The number of aliphatic carboxylic acids is 1. The number of carbonyl (C=O) groups is 1. The van der Waals surface area contributed by atoms with E-state index in [1.165, 1.54) is 0 Å². The van der Waals surface area contributed by atoms with Crippen LogP contribution in [0.5, 0.6) is 0 Å². The Hall–Kier alpha value is -1.32. The largest absolute Gasteiger partial charge is 0.481 e. The summed E-state index contributed by atoms with van der Waals surface area (Å²) in [6.07, 6.45) is -3.99. The number of halogens is 4. The van der Waals surface area contributed by atoms with E-state index in [4.69, 9.17) is 11.6 Å². The lowest BCUT2D eigenvalue weighted by Gasteiger charge is -2.24. The monoisotopic (exact) mass is 383 g/mol. The van der Waals surface area contributed by atoms with Crippen molar-refractivity contribution in [2.24, 2.45) is 5.92 Å². The molecule has 3 unspecified atom stereocenters. The highest BCUT2D eigenvalue weighted by atomic mass is 35.5. The van der Waals surface area contributed by atoms with Crippen LogP contribution in [0.3, 0.4) is 0 Å². The first-order valence-electron chi connectivity index (χ1n) is 7.16. The number of carboxylic acid groups (broad SMARTS) is 1. The fourth-order valence-corrected chi connectivity index (χ4v) is 6.03. The Labute approximate surface area is 141 Å². The zero-order chi connectivity index (χ0) is 17.9. The fourth-order valence-electron chi connectivity index (χ4n) is 3.64. The van der Waals surface area contributed by atoms with E-state index < -0.39 is 50.6 Å². The first-order chi connectivity index (χ1) is 11.0. The molecular formula is C14H13ClF3NO4S. The van der Waals surface area contributed by atoms with Crippen molar-refractivity contribution in [2.45, 2.75) is 42.4 Å². The molecule has 2 heterocycles. The molecule has 3 rings (SSSR count). The van der Waals surface area contributed by atoms with E-state index in [2.05, 4.69) is 0 Å². The summed E-state index contributed by atoms with van der Waals surface area (Å²) in [6, 6.07) is 0.954. The number of rotatable bonds is 3. The van der Waals surface area contributed by atoms with Crippen molar-refractivity contribution in [3.63, 3.8) is 0 Å². The molecule has 24 heavy (non-hydrogen) atoms. The van der Waals surface area contributed by atoms with Crippen LogP contribution in [0.1, 0.15) is 24.8 Å². The third-order valence-corrected chi connectivity index (χ3v) is 6.85. The zero-order valence-corrected chi connectivity index (χ0v) is 13.7. The third kappa shape index (κ3) is 2.68. The molecule has 2 bridgehead atoms. The molecule has 0 saturated carbocycles. The minimum absolute atomic E-state index is 0.112. The third-order valence-electron chi connectivity index (χ3n) is 4.59. The molecule has 1 aromatic rings. The maximum atomic E-state index is 13.2. The van der Waals surface area contributed by atoms with Crippen molar-refractivity contribution in [3.8, 4) is 0 Å². The second-order valence-electron chi connectivity index (χ2n) is 5.95. The van der Waals surface area contributed by atoms with Crippen LogP contribution in [0, 0.1) is 5.92 Å². The van der Waals surface area contributed by atoms with Gasteiger partial charge in [-0.25, -0.2) is 8.42 Å². The van der Waals surface area contributed by atoms with Crippen LogP contribution in [-0.2, 0) is 21.0 Å². The van der Waals surface area contributed by atoms with E-state index in [0.717, 1.165) is 16.4 Å². The number of carboxylic acids is 1. The minimum atomic E-state index is -4.86. The van der Waals surface area contributed by atoms with Gasteiger partial charge in [0.15, 0.2) is 0 Å².